The number of benzene rings is 1. The molecule has 0 spiro atoms. The van der Waals surface area contributed by atoms with Crippen LogP contribution in [0.5, 0.6) is 0 Å². The second-order valence-corrected chi connectivity index (χ2v) is 5.47. The van der Waals surface area contributed by atoms with Crippen molar-refractivity contribution in [1.82, 2.24) is 4.90 Å². The molecule has 1 aromatic carbocycles. The summed E-state index contributed by atoms with van der Waals surface area (Å²) in [5, 5.41) is 9.33. The molecule has 1 fully saturated rings. The minimum Gasteiger partial charge on any atom is -0.480 e. The summed E-state index contributed by atoms with van der Waals surface area (Å²) in [4.78, 5) is 27.3. The van der Waals surface area contributed by atoms with Gasteiger partial charge in [-0.15, -0.1) is 0 Å². The van der Waals surface area contributed by atoms with Gasteiger partial charge >= 0.3 is 5.97 Å². The predicted octanol–water partition coefficient (Wildman–Crippen LogP) is 1.98. The van der Waals surface area contributed by atoms with Crippen molar-refractivity contribution in [2.75, 3.05) is 18.5 Å². The molecular weight excluding hydrogens is 268 g/mol. The molecule has 1 aromatic rings. The smallest absolute Gasteiger partial charge is 0.320 e. The van der Waals surface area contributed by atoms with Crippen molar-refractivity contribution in [2.45, 2.75) is 38.3 Å². The molecule has 0 bridgehead atoms. The Morgan fingerprint density at radius 2 is 2.00 bits per heavy atom. The number of carboxylic acids is 1. The molecule has 1 amide bonds. The zero-order chi connectivity index (χ0) is 15.4. The molecule has 0 radical (unpaired) electrons. The lowest BCUT2D eigenvalue weighted by molar-refractivity contribution is -0.144. The number of rotatable bonds is 4. The predicted molar refractivity (Wildman–Crippen MR) is 81.3 cm³/mol. The number of carbonyl (C=O) groups excluding carboxylic acids is 1. The minimum absolute atomic E-state index is 0.0416. The van der Waals surface area contributed by atoms with E-state index in [0.717, 1.165) is 12.1 Å². The molecule has 5 nitrogen and oxygen atoms in total. The fourth-order valence-corrected chi connectivity index (χ4v) is 2.91. The van der Waals surface area contributed by atoms with Gasteiger partial charge in [0, 0.05) is 24.7 Å². The van der Waals surface area contributed by atoms with Crippen LogP contribution in [-0.2, 0) is 9.59 Å². The van der Waals surface area contributed by atoms with E-state index in [0.29, 0.717) is 19.4 Å². The van der Waals surface area contributed by atoms with Crippen LogP contribution >= 0.6 is 0 Å². The highest BCUT2D eigenvalue weighted by Crippen LogP contribution is 2.26. The SMILES string of the molecule is CCC(=O)N(c1ccccc1)[C@@H]1CCN(C)[C@H](C(=O)O)C1. The zero-order valence-electron chi connectivity index (χ0n) is 12.5. The zero-order valence-corrected chi connectivity index (χ0v) is 12.5. The first-order chi connectivity index (χ1) is 10.0. The van der Waals surface area contributed by atoms with Crippen molar-refractivity contribution in [1.29, 1.82) is 0 Å². The normalized spacial score (nSPS) is 22.8. The quantitative estimate of drug-likeness (QED) is 0.921. The van der Waals surface area contributed by atoms with Crippen LogP contribution in [-0.4, -0.2) is 47.6 Å². The number of hydrogen-bond donors (Lipinski definition) is 1. The van der Waals surface area contributed by atoms with Gasteiger partial charge in [-0.25, -0.2) is 0 Å². The fraction of sp³-hybridized carbons (Fsp3) is 0.500. The first-order valence-electron chi connectivity index (χ1n) is 7.34. The van der Waals surface area contributed by atoms with Gasteiger partial charge in [0.2, 0.25) is 5.91 Å². The number of carboxylic acid groups (broad SMARTS) is 1. The van der Waals surface area contributed by atoms with E-state index in [9.17, 15) is 14.7 Å². The molecular formula is C16H22N2O3. The number of likely N-dealkylation sites (N-methyl/N-ethyl adjacent to an activating group) is 1. The fourth-order valence-electron chi connectivity index (χ4n) is 2.91. The van der Waals surface area contributed by atoms with Crippen LogP contribution in [0.4, 0.5) is 5.69 Å². The maximum atomic E-state index is 12.3. The van der Waals surface area contributed by atoms with Crippen molar-refractivity contribution in [3.05, 3.63) is 30.3 Å². The van der Waals surface area contributed by atoms with Crippen LogP contribution in [0.25, 0.3) is 0 Å². The number of amides is 1. The third kappa shape index (κ3) is 3.42. The molecule has 0 saturated carbocycles. The summed E-state index contributed by atoms with van der Waals surface area (Å²) in [6.07, 6.45) is 1.67. The van der Waals surface area contributed by atoms with E-state index in [4.69, 9.17) is 0 Å². The van der Waals surface area contributed by atoms with E-state index in [-0.39, 0.29) is 11.9 Å². The number of hydrogen-bond acceptors (Lipinski definition) is 3. The van der Waals surface area contributed by atoms with E-state index in [2.05, 4.69) is 0 Å². The van der Waals surface area contributed by atoms with Crippen molar-refractivity contribution in [3.8, 4) is 0 Å². The lowest BCUT2D eigenvalue weighted by Gasteiger charge is -2.40. The van der Waals surface area contributed by atoms with Crippen LogP contribution in [0.1, 0.15) is 26.2 Å². The van der Waals surface area contributed by atoms with Crippen LogP contribution < -0.4 is 4.90 Å². The average Bonchev–Trinajstić information content (AvgIpc) is 2.49. The number of aliphatic carboxylic acids is 1. The van der Waals surface area contributed by atoms with Crippen LogP contribution in [0.15, 0.2) is 30.3 Å². The summed E-state index contributed by atoms with van der Waals surface area (Å²) in [6, 6.07) is 8.93. The summed E-state index contributed by atoms with van der Waals surface area (Å²) < 4.78 is 0. The molecule has 1 aliphatic heterocycles. The molecule has 0 unspecified atom stereocenters. The highest BCUT2D eigenvalue weighted by Gasteiger charge is 2.35. The number of anilines is 1. The Balaban J connectivity index is 2.25. The van der Waals surface area contributed by atoms with E-state index in [1.54, 1.807) is 4.90 Å². The lowest BCUT2D eigenvalue weighted by Crippen LogP contribution is -2.53. The highest BCUT2D eigenvalue weighted by atomic mass is 16.4. The number of nitrogens with zero attached hydrogens (tertiary/aromatic N) is 2. The summed E-state index contributed by atoms with van der Waals surface area (Å²) in [5.41, 5.74) is 0.850. The molecule has 1 saturated heterocycles. The molecule has 1 heterocycles. The molecule has 0 aliphatic carbocycles. The number of likely N-dealkylation sites (tertiary alicyclic amines) is 1. The largest absolute Gasteiger partial charge is 0.480 e. The maximum Gasteiger partial charge on any atom is 0.320 e. The van der Waals surface area contributed by atoms with E-state index >= 15 is 0 Å². The summed E-state index contributed by atoms with van der Waals surface area (Å²) >= 11 is 0. The first kappa shape index (κ1) is 15.5. The monoisotopic (exact) mass is 290 g/mol. The Bertz CT molecular complexity index is 504. The number of para-hydroxylation sites is 1. The van der Waals surface area contributed by atoms with Gasteiger partial charge in [-0.1, -0.05) is 25.1 Å². The third-order valence-corrected chi connectivity index (χ3v) is 4.10. The molecule has 2 rings (SSSR count). The van der Waals surface area contributed by atoms with Gasteiger partial charge in [0.05, 0.1) is 0 Å². The van der Waals surface area contributed by atoms with Crippen LogP contribution in [0, 0.1) is 0 Å². The lowest BCUT2D eigenvalue weighted by atomic mass is 9.95. The summed E-state index contributed by atoms with van der Waals surface area (Å²) in [5.74, 6) is -0.779. The van der Waals surface area contributed by atoms with Gasteiger partial charge in [0.25, 0.3) is 0 Å². The van der Waals surface area contributed by atoms with Crippen LogP contribution in [0.2, 0.25) is 0 Å². The van der Waals surface area contributed by atoms with Crippen molar-refractivity contribution in [3.63, 3.8) is 0 Å². The first-order valence-corrected chi connectivity index (χ1v) is 7.34. The van der Waals surface area contributed by atoms with Gasteiger partial charge in [0.1, 0.15) is 6.04 Å². The standard InChI is InChI=1S/C16H22N2O3/c1-3-15(19)18(12-7-5-4-6-8-12)13-9-10-17(2)14(11-13)16(20)21/h4-8,13-14H,3,9-11H2,1-2H3,(H,20,21)/t13-,14+/m1/s1. The summed E-state index contributed by atoms with van der Waals surface area (Å²) in [6.45, 7) is 2.52. The Labute approximate surface area is 125 Å². The molecule has 1 N–H and O–H groups in total. The second-order valence-electron chi connectivity index (χ2n) is 5.47. The minimum atomic E-state index is -0.820. The topological polar surface area (TPSA) is 60.9 Å². The molecule has 21 heavy (non-hydrogen) atoms. The average molecular weight is 290 g/mol. The molecule has 2 atom stereocenters. The van der Waals surface area contributed by atoms with Gasteiger partial charge in [-0.3, -0.25) is 14.5 Å². The Morgan fingerprint density at radius 1 is 1.33 bits per heavy atom. The second kappa shape index (κ2) is 6.72. The van der Waals surface area contributed by atoms with Gasteiger partial charge < -0.3 is 10.0 Å². The Morgan fingerprint density at radius 3 is 2.57 bits per heavy atom. The van der Waals surface area contributed by atoms with Crippen molar-refractivity contribution < 1.29 is 14.7 Å². The third-order valence-electron chi connectivity index (χ3n) is 4.10. The Hall–Kier alpha value is -1.88. The van der Waals surface area contributed by atoms with Crippen LogP contribution in [0.3, 0.4) is 0 Å². The number of carbonyl (C=O) groups is 2. The molecule has 0 aromatic heterocycles. The van der Waals surface area contributed by atoms with E-state index < -0.39 is 12.0 Å². The van der Waals surface area contributed by atoms with Gasteiger partial charge in [0.15, 0.2) is 0 Å². The molecule has 5 heteroatoms. The van der Waals surface area contributed by atoms with E-state index in [1.165, 1.54) is 0 Å². The maximum absolute atomic E-state index is 12.3. The molecule has 114 valence electrons. The van der Waals surface area contributed by atoms with Gasteiger partial charge in [-0.2, -0.15) is 0 Å². The highest BCUT2D eigenvalue weighted by molar-refractivity contribution is 5.93. The number of piperidine rings is 1. The van der Waals surface area contributed by atoms with Crippen molar-refractivity contribution >= 4 is 17.6 Å². The van der Waals surface area contributed by atoms with Crippen molar-refractivity contribution in [2.24, 2.45) is 0 Å². The summed E-state index contributed by atoms with van der Waals surface area (Å²) in [7, 11) is 1.82. The van der Waals surface area contributed by atoms with Gasteiger partial charge in [-0.05, 0) is 32.0 Å². The Kier molecular flexibility index (Phi) is 4.96. The molecule has 1 aliphatic rings. The van der Waals surface area contributed by atoms with E-state index in [1.807, 2.05) is 49.2 Å².